The minimum absolute atomic E-state index is 0.0136. The number of nitrogens with zero attached hydrogens (tertiary/aromatic N) is 2. The van der Waals surface area contributed by atoms with Gasteiger partial charge in [-0.3, -0.25) is 0 Å². The molecule has 1 aliphatic rings. The molecular weight excluding hydrogens is 212 g/mol. The van der Waals surface area contributed by atoms with Crippen molar-refractivity contribution in [1.29, 1.82) is 5.41 Å². The van der Waals surface area contributed by atoms with Crippen LogP contribution in [0.25, 0.3) is 0 Å². The number of rotatable bonds is 1. The third-order valence-electron chi connectivity index (χ3n) is 2.60. The first kappa shape index (κ1) is 10.5. The molecule has 0 aromatic carbocycles. The molecule has 1 unspecified atom stereocenters. The topological polar surface area (TPSA) is 61.7 Å². The van der Waals surface area contributed by atoms with Gasteiger partial charge in [0.05, 0.1) is 22.3 Å². The van der Waals surface area contributed by atoms with Crippen LogP contribution in [0.15, 0.2) is 0 Å². The van der Waals surface area contributed by atoms with E-state index in [0.717, 1.165) is 17.9 Å². The van der Waals surface area contributed by atoms with E-state index in [1.54, 1.807) is 0 Å². The number of aromatic nitrogens is 2. The van der Waals surface area contributed by atoms with Gasteiger partial charge in [0, 0.05) is 18.8 Å². The minimum atomic E-state index is 0.0136. The summed E-state index contributed by atoms with van der Waals surface area (Å²) in [4.78, 5) is 8.68. The van der Waals surface area contributed by atoms with E-state index in [-0.39, 0.29) is 5.92 Å². The van der Waals surface area contributed by atoms with E-state index >= 15 is 0 Å². The molecule has 0 radical (unpaired) electrons. The second-order valence-electron chi connectivity index (χ2n) is 3.78. The molecule has 80 valence electrons. The Balaban J connectivity index is 2.41. The molecule has 2 rings (SSSR count). The maximum Gasteiger partial charge on any atom is 0.138 e. The van der Waals surface area contributed by atoms with Crippen LogP contribution in [0.4, 0.5) is 0 Å². The molecule has 0 spiro atoms. The van der Waals surface area contributed by atoms with Crippen molar-refractivity contribution in [1.82, 2.24) is 15.3 Å². The van der Waals surface area contributed by atoms with Gasteiger partial charge in [-0.25, -0.2) is 9.97 Å². The number of aryl methyl sites for hydroxylation is 2. The SMILES string of the molecule is Cc1nc(C2CNCC2=N)nc(C)c1Cl. The van der Waals surface area contributed by atoms with E-state index < -0.39 is 0 Å². The zero-order valence-electron chi connectivity index (χ0n) is 8.76. The van der Waals surface area contributed by atoms with Crippen LogP contribution in [0.3, 0.4) is 0 Å². The smallest absolute Gasteiger partial charge is 0.138 e. The van der Waals surface area contributed by atoms with Crippen molar-refractivity contribution in [2.24, 2.45) is 0 Å². The molecule has 0 saturated carbocycles. The summed E-state index contributed by atoms with van der Waals surface area (Å²) in [5.74, 6) is 0.726. The van der Waals surface area contributed by atoms with Crippen LogP contribution in [0.5, 0.6) is 0 Å². The minimum Gasteiger partial charge on any atom is -0.310 e. The van der Waals surface area contributed by atoms with E-state index in [4.69, 9.17) is 17.0 Å². The number of halogens is 1. The monoisotopic (exact) mass is 224 g/mol. The predicted molar refractivity (Wildman–Crippen MR) is 59.9 cm³/mol. The molecule has 15 heavy (non-hydrogen) atoms. The van der Waals surface area contributed by atoms with Crippen molar-refractivity contribution >= 4 is 17.3 Å². The van der Waals surface area contributed by atoms with E-state index in [1.165, 1.54) is 0 Å². The Morgan fingerprint density at radius 2 is 1.93 bits per heavy atom. The first-order valence-corrected chi connectivity index (χ1v) is 5.26. The van der Waals surface area contributed by atoms with Gasteiger partial charge in [-0.1, -0.05) is 11.6 Å². The molecule has 1 fully saturated rings. The van der Waals surface area contributed by atoms with Crippen LogP contribution < -0.4 is 5.32 Å². The molecule has 0 aliphatic carbocycles. The van der Waals surface area contributed by atoms with Gasteiger partial charge in [-0.15, -0.1) is 0 Å². The number of hydrogen-bond acceptors (Lipinski definition) is 4. The molecule has 2 N–H and O–H groups in total. The van der Waals surface area contributed by atoms with Crippen molar-refractivity contribution < 1.29 is 0 Å². The van der Waals surface area contributed by atoms with Gasteiger partial charge in [-0.2, -0.15) is 0 Å². The van der Waals surface area contributed by atoms with Gasteiger partial charge in [0.15, 0.2) is 0 Å². The summed E-state index contributed by atoms with van der Waals surface area (Å²) in [5, 5.41) is 11.5. The Hall–Kier alpha value is -1.00. The second kappa shape index (κ2) is 3.87. The van der Waals surface area contributed by atoms with Crippen molar-refractivity contribution in [3.63, 3.8) is 0 Å². The van der Waals surface area contributed by atoms with Crippen molar-refractivity contribution in [3.05, 3.63) is 22.2 Å². The summed E-state index contributed by atoms with van der Waals surface area (Å²) < 4.78 is 0. The normalized spacial score (nSPS) is 21.0. The summed E-state index contributed by atoms with van der Waals surface area (Å²) in [6.45, 7) is 5.12. The fraction of sp³-hybridized carbons (Fsp3) is 0.500. The zero-order valence-corrected chi connectivity index (χ0v) is 9.52. The summed E-state index contributed by atoms with van der Waals surface area (Å²) >= 11 is 6.00. The summed E-state index contributed by atoms with van der Waals surface area (Å²) in [7, 11) is 0. The third kappa shape index (κ3) is 1.87. The van der Waals surface area contributed by atoms with Crippen molar-refractivity contribution in [2.45, 2.75) is 19.8 Å². The van der Waals surface area contributed by atoms with E-state index in [0.29, 0.717) is 23.1 Å². The maximum atomic E-state index is 7.76. The zero-order chi connectivity index (χ0) is 11.0. The van der Waals surface area contributed by atoms with Crippen LogP contribution in [-0.4, -0.2) is 28.8 Å². The van der Waals surface area contributed by atoms with Gasteiger partial charge in [0.1, 0.15) is 5.82 Å². The molecule has 5 heteroatoms. The molecule has 1 aromatic heterocycles. The average Bonchev–Trinajstić information content (AvgIpc) is 2.60. The molecule has 1 aromatic rings. The molecule has 2 heterocycles. The van der Waals surface area contributed by atoms with Gasteiger partial charge < -0.3 is 10.7 Å². The van der Waals surface area contributed by atoms with Crippen LogP contribution in [0.2, 0.25) is 5.02 Å². The van der Waals surface area contributed by atoms with Crippen molar-refractivity contribution in [3.8, 4) is 0 Å². The Labute approximate surface area is 93.6 Å². The summed E-state index contributed by atoms with van der Waals surface area (Å²) in [5.41, 5.74) is 2.23. The van der Waals surface area contributed by atoms with Gasteiger partial charge >= 0.3 is 0 Å². The Bertz CT molecular complexity index is 393. The highest BCUT2D eigenvalue weighted by Gasteiger charge is 2.25. The van der Waals surface area contributed by atoms with Gasteiger partial charge in [-0.05, 0) is 13.8 Å². The number of nitrogens with one attached hydrogen (secondary N) is 2. The van der Waals surface area contributed by atoms with Crippen molar-refractivity contribution in [2.75, 3.05) is 13.1 Å². The van der Waals surface area contributed by atoms with Crippen LogP contribution in [0.1, 0.15) is 23.1 Å². The Morgan fingerprint density at radius 3 is 2.40 bits per heavy atom. The highest BCUT2D eigenvalue weighted by molar-refractivity contribution is 6.31. The highest BCUT2D eigenvalue weighted by Crippen LogP contribution is 2.21. The summed E-state index contributed by atoms with van der Waals surface area (Å²) in [6.07, 6.45) is 0. The van der Waals surface area contributed by atoms with E-state index in [2.05, 4.69) is 15.3 Å². The van der Waals surface area contributed by atoms with Crippen LogP contribution in [0, 0.1) is 19.3 Å². The standard InChI is InChI=1S/C10H13ClN4/c1-5-9(11)6(2)15-10(14-5)7-3-13-4-8(7)12/h7,12-13H,3-4H2,1-2H3. The molecule has 1 saturated heterocycles. The first-order valence-electron chi connectivity index (χ1n) is 4.88. The second-order valence-corrected chi connectivity index (χ2v) is 4.15. The molecule has 1 aliphatic heterocycles. The third-order valence-corrected chi connectivity index (χ3v) is 3.14. The average molecular weight is 225 g/mol. The fourth-order valence-electron chi connectivity index (χ4n) is 1.73. The lowest BCUT2D eigenvalue weighted by Gasteiger charge is -2.10. The Morgan fingerprint density at radius 1 is 1.33 bits per heavy atom. The maximum absolute atomic E-state index is 7.76. The highest BCUT2D eigenvalue weighted by atomic mass is 35.5. The van der Waals surface area contributed by atoms with Gasteiger partial charge in [0.2, 0.25) is 0 Å². The first-order chi connectivity index (χ1) is 7.09. The fourth-order valence-corrected chi connectivity index (χ4v) is 1.81. The predicted octanol–water partition coefficient (Wildman–Crippen LogP) is 1.45. The lowest BCUT2D eigenvalue weighted by Crippen LogP contribution is -2.14. The lowest BCUT2D eigenvalue weighted by molar-refractivity contribution is 0.754. The van der Waals surface area contributed by atoms with E-state index in [9.17, 15) is 0 Å². The van der Waals surface area contributed by atoms with Gasteiger partial charge in [0.25, 0.3) is 0 Å². The molecule has 1 atom stereocenters. The quantitative estimate of drug-likeness (QED) is 0.759. The largest absolute Gasteiger partial charge is 0.310 e. The Kier molecular flexibility index (Phi) is 2.71. The molecule has 4 nitrogen and oxygen atoms in total. The number of hydrogen-bond donors (Lipinski definition) is 2. The van der Waals surface area contributed by atoms with E-state index in [1.807, 2.05) is 13.8 Å². The molecule has 0 amide bonds. The lowest BCUT2D eigenvalue weighted by atomic mass is 10.1. The molecular formula is C10H13ClN4. The summed E-state index contributed by atoms with van der Waals surface area (Å²) in [6, 6.07) is 0. The van der Waals surface area contributed by atoms with Crippen LogP contribution >= 0.6 is 11.6 Å². The molecule has 0 bridgehead atoms. The van der Waals surface area contributed by atoms with Crippen LogP contribution in [-0.2, 0) is 0 Å².